The van der Waals surface area contributed by atoms with E-state index in [1.54, 1.807) is 11.3 Å². The molecule has 0 aliphatic carbocycles. The number of nitrogens with one attached hydrogen (secondary N) is 2. The van der Waals surface area contributed by atoms with Gasteiger partial charge in [-0.05, 0) is 38.5 Å². The highest BCUT2D eigenvalue weighted by molar-refractivity contribution is 7.11. The van der Waals surface area contributed by atoms with Crippen molar-refractivity contribution in [3.8, 4) is 0 Å². The van der Waals surface area contributed by atoms with Crippen LogP contribution >= 0.6 is 11.3 Å². The topological polar surface area (TPSA) is 65.9 Å². The molecule has 2 unspecified atom stereocenters. The molecule has 0 saturated heterocycles. The molecule has 0 fully saturated rings. The van der Waals surface area contributed by atoms with Crippen LogP contribution in [0.25, 0.3) is 0 Å². The number of aliphatic imine (C=N–C) groups is 1. The molecule has 0 saturated carbocycles. The molecule has 0 radical (unpaired) electrons. The quantitative estimate of drug-likeness (QED) is 0.465. The lowest BCUT2D eigenvalue weighted by Crippen LogP contribution is -2.42. The number of hydrogen-bond donors (Lipinski definition) is 3. The van der Waals surface area contributed by atoms with Crippen LogP contribution in [0.4, 0.5) is 0 Å². The summed E-state index contributed by atoms with van der Waals surface area (Å²) in [6, 6.07) is 14.2. The molecular weight excluding hydrogens is 346 g/mol. The van der Waals surface area contributed by atoms with Crippen LogP contribution in [0, 0.1) is 6.92 Å². The summed E-state index contributed by atoms with van der Waals surface area (Å²) in [4.78, 5) is 7.07. The Hall–Kier alpha value is -1.89. The van der Waals surface area contributed by atoms with Gasteiger partial charge in [0.25, 0.3) is 0 Å². The molecule has 0 amide bonds. The van der Waals surface area contributed by atoms with Gasteiger partial charge in [-0.15, -0.1) is 11.3 Å². The predicted octanol–water partition coefficient (Wildman–Crippen LogP) is 3.25. The zero-order valence-electron chi connectivity index (χ0n) is 15.7. The molecule has 0 aliphatic heterocycles. The zero-order valence-corrected chi connectivity index (χ0v) is 16.6. The Morgan fingerprint density at radius 2 is 1.96 bits per heavy atom. The maximum absolute atomic E-state index is 10.2. The van der Waals surface area contributed by atoms with Crippen molar-refractivity contribution in [1.29, 1.82) is 0 Å². The summed E-state index contributed by atoms with van der Waals surface area (Å²) in [5.74, 6) is 0.703. The van der Waals surface area contributed by atoms with Gasteiger partial charge >= 0.3 is 0 Å². The van der Waals surface area contributed by atoms with Gasteiger partial charge in [0.1, 0.15) is 0 Å². The van der Waals surface area contributed by atoms with Crippen molar-refractivity contribution in [2.24, 2.45) is 4.99 Å². The first kappa shape index (κ1) is 20.4. The maximum Gasteiger partial charge on any atom is 0.191 e. The van der Waals surface area contributed by atoms with E-state index >= 15 is 0 Å². The van der Waals surface area contributed by atoms with Gasteiger partial charge in [0.2, 0.25) is 0 Å². The van der Waals surface area contributed by atoms with Crippen molar-refractivity contribution in [1.82, 2.24) is 10.6 Å². The Kier molecular flexibility index (Phi) is 8.61. The van der Waals surface area contributed by atoms with Crippen molar-refractivity contribution < 1.29 is 9.84 Å². The fourth-order valence-corrected chi connectivity index (χ4v) is 3.23. The highest BCUT2D eigenvalue weighted by Crippen LogP contribution is 2.16. The summed E-state index contributed by atoms with van der Waals surface area (Å²) >= 11 is 1.75. The van der Waals surface area contributed by atoms with Crippen molar-refractivity contribution in [2.45, 2.75) is 39.5 Å². The number of nitrogens with zero attached hydrogens (tertiary/aromatic N) is 1. The number of guanidine groups is 1. The van der Waals surface area contributed by atoms with Gasteiger partial charge in [-0.25, -0.2) is 4.99 Å². The summed E-state index contributed by atoms with van der Waals surface area (Å²) in [5.41, 5.74) is 1.11. The van der Waals surface area contributed by atoms with E-state index in [4.69, 9.17) is 4.74 Å². The summed E-state index contributed by atoms with van der Waals surface area (Å²) < 4.78 is 5.77. The van der Waals surface area contributed by atoms with E-state index in [2.05, 4.69) is 34.7 Å². The molecule has 0 spiro atoms. The lowest BCUT2D eigenvalue weighted by Gasteiger charge is -2.18. The number of rotatable bonds is 9. The van der Waals surface area contributed by atoms with Crippen molar-refractivity contribution in [3.63, 3.8) is 0 Å². The molecule has 1 heterocycles. The maximum atomic E-state index is 10.2. The summed E-state index contributed by atoms with van der Waals surface area (Å²) in [5, 5.41) is 16.6. The summed E-state index contributed by atoms with van der Waals surface area (Å²) in [6.45, 7) is 8.16. The SMILES string of the molecule is CCNC(=NCc1ccc(C)s1)NCC(O)COC(C)c1ccccc1. The molecule has 2 rings (SSSR count). The zero-order chi connectivity index (χ0) is 18.8. The molecule has 0 bridgehead atoms. The Labute approximate surface area is 160 Å². The first-order valence-corrected chi connectivity index (χ1v) is 9.82. The molecule has 2 atom stereocenters. The molecular formula is C20H29N3O2S. The molecule has 1 aromatic heterocycles. The van der Waals surface area contributed by atoms with Gasteiger partial charge in [-0.2, -0.15) is 0 Å². The van der Waals surface area contributed by atoms with Crippen molar-refractivity contribution in [3.05, 3.63) is 57.8 Å². The number of aliphatic hydroxyl groups is 1. The second kappa shape index (κ2) is 11.0. The monoisotopic (exact) mass is 375 g/mol. The predicted molar refractivity (Wildman–Crippen MR) is 109 cm³/mol. The second-order valence-electron chi connectivity index (χ2n) is 6.13. The van der Waals surface area contributed by atoms with Gasteiger partial charge in [0.15, 0.2) is 5.96 Å². The molecule has 1 aromatic carbocycles. The van der Waals surface area contributed by atoms with Crippen molar-refractivity contribution in [2.75, 3.05) is 19.7 Å². The fraction of sp³-hybridized carbons (Fsp3) is 0.450. The second-order valence-corrected chi connectivity index (χ2v) is 7.50. The number of thiophene rings is 1. The minimum Gasteiger partial charge on any atom is -0.389 e. The molecule has 142 valence electrons. The van der Waals surface area contributed by atoms with Crippen LogP contribution in [-0.2, 0) is 11.3 Å². The summed E-state index contributed by atoms with van der Waals surface area (Å²) in [6.07, 6.45) is -0.649. The van der Waals surface area contributed by atoms with E-state index in [1.165, 1.54) is 9.75 Å². The highest BCUT2D eigenvalue weighted by atomic mass is 32.1. The molecule has 0 aliphatic rings. The van der Waals surface area contributed by atoms with Crippen LogP contribution in [0.3, 0.4) is 0 Å². The van der Waals surface area contributed by atoms with Crippen LogP contribution in [0.2, 0.25) is 0 Å². The third kappa shape index (κ3) is 7.15. The van der Waals surface area contributed by atoms with Gasteiger partial charge in [-0.1, -0.05) is 30.3 Å². The summed E-state index contributed by atoms with van der Waals surface area (Å²) in [7, 11) is 0. The average Bonchev–Trinajstić information content (AvgIpc) is 3.08. The van der Waals surface area contributed by atoms with Gasteiger partial charge in [-0.3, -0.25) is 0 Å². The number of ether oxygens (including phenoxy) is 1. The van der Waals surface area contributed by atoms with Crippen LogP contribution in [0.1, 0.15) is 35.3 Å². The fourth-order valence-electron chi connectivity index (χ4n) is 2.42. The third-order valence-corrected chi connectivity index (χ3v) is 4.83. The molecule has 3 N–H and O–H groups in total. The van der Waals surface area contributed by atoms with E-state index < -0.39 is 6.10 Å². The molecule has 26 heavy (non-hydrogen) atoms. The number of aliphatic hydroxyl groups excluding tert-OH is 1. The van der Waals surface area contributed by atoms with Crippen LogP contribution < -0.4 is 10.6 Å². The van der Waals surface area contributed by atoms with Crippen molar-refractivity contribution >= 4 is 17.3 Å². The van der Waals surface area contributed by atoms with Gasteiger partial charge in [0, 0.05) is 22.8 Å². The van der Waals surface area contributed by atoms with E-state index in [1.807, 2.05) is 44.2 Å². The Morgan fingerprint density at radius 3 is 2.62 bits per heavy atom. The largest absolute Gasteiger partial charge is 0.389 e. The Morgan fingerprint density at radius 1 is 1.19 bits per heavy atom. The van der Waals surface area contributed by atoms with Gasteiger partial charge < -0.3 is 20.5 Å². The average molecular weight is 376 g/mol. The smallest absolute Gasteiger partial charge is 0.191 e. The Balaban J connectivity index is 1.76. The van der Waals surface area contributed by atoms with Crippen LogP contribution in [0.15, 0.2) is 47.5 Å². The first-order chi connectivity index (χ1) is 12.6. The normalized spacial score (nSPS) is 14.1. The standard InChI is InChI=1S/C20H29N3O2S/c1-4-21-20(23-13-19-11-10-15(2)26-19)22-12-18(24)14-25-16(3)17-8-6-5-7-9-17/h5-11,16,18,24H,4,12-14H2,1-3H3,(H2,21,22,23). The minimum atomic E-state index is -0.603. The van der Waals surface area contributed by atoms with Gasteiger partial charge in [0.05, 0.1) is 25.4 Å². The van der Waals surface area contributed by atoms with E-state index in [0.29, 0.717) is 19.0 Å². The van der Waals surface area contributed by atoms with Crippen LogP contribution in [-0.4, -0.2) is 36.9 Å². The highest BCUT2D eigenvalue weighted by Gasteiger charge is 2.10. The first-order valence-electron chi connectivity index (χ1n) is 9.00. The lowest BCUT2D eigenvalue weighted by atomic mass is 10.1. The minimum absolute atomic E-state index is 0.0465. The molecule has 6 heteroatoms. The molecule has 5 nitrogen and oxygen atoms in total. The number of aryl methyl sites for hydroxylation is 1. The third-order valence-electron chi connectivity index (χ3n) is 3.85. The van der Waals surface area contributed by atoms with E-state index in [0.717, 1.165) is 12.1 Å². The van der Waals surface area contributed by atoms with E-state index in [-0.39, 0.29) is 12.7 Å². The number of hydrogen-bond acceptors (Lipinski definition) is 4. The lowest BCUT2D eigenvalue weighted by molar-refractivity contribution is -0.000599. The van der Waals surface area contributed by atoms with Crippen LogP contribution in [0.5, 0.6) is 0 Å². The number of benzene rings is 1. The van der Waals surface area contributed by atoms with E-state index in [9.17, 15) is 5.11 Å². The molecule has 2 aromatic rings. The Bertz CT molecular complexity index is 673.